The maximum absolute atomic E-state index is 11.4. The molecule has 0 unspecified atom stereocenters. The van der Waals surface area contributed by atoms with Crippen LogP contribution in [0.25, 0.3) is 0 Å². The number of carboxylic acid groups (broad SMARTS) is 1. The van der Waals surface area contributed by atoms with Gasteiger partial charge in [-0.25, -0.2) is 0 Å². The molecule has 0 amide bonds. The summed E-state index contributed by atoms with van der Waals surface area (Å²) in [4.78, 5) is 32.3. The summed E-state index contributed by atoms with van der Waals surface area (Å²) >= 11 is 0. The van der Waals surface area contributed by atoms with Gasteiger partial charge in [0.1, 0.15) is 0 Å². The predicted octanol–water partition coefficient (Wildman–Crippen LogP) is 3.93. The Morgan fingerprint density at radius 1 is 0.560 bits per heavy atom. The summed E-state index contributed by atoms with van der Waals surface area (Å²) in [6.45, 7) is 10.0. The molecule has 11 nitrogen and oxygen atoms in total. The van der Waals surface area contributed by atoms with Gasteiger partial charge in [-0.1, -0.05) is 98.8 Å². The smallest absolute Gasteiger partial charge is 0.305 e. The summed E-state index contributed by atoms with van der Waals surface area (Å²) in [5.41, 5.74) is 14.3. The number of aliphatic hydroxyl groups is 1. The lowest BCUT2D eigenvalue weighted by molar-refractivity contribution is -0.368. The van der Waals surface area contributed by atoms with Crippen molar-refractivity contribution in [3.63, 3.8) is 0 Å². The van der Waals surface area contributed by atoms with Gasteiger partial charge in [0.2, 0.25) is 0 Å². The first kappa shape index (κ1) is 67.0. The number of unbranched alkanes of at least 4 members (excludes halogenated alkanes) is 15. The molecule has 0 fully saturated rings. The molecule has 11 N–H and O–H groups in total. The van der Waals surface area contributed by atoms with Crippen LogP contribution >= 0.6 is 12.4 Å². The number of nitrogens with two attached hydrogens (primary N) is 2. The van der Waals surface area contributed by atoms with E-state index in [1.807, 2.05) is 13.8 Å². The van der Waals surface area contributed by atoms with Gasteiger partial charge in [-0.2, -0.15) is 0 Å². The Labute approximate surface area is 320 Å². The Morgan fingerprint density at radius 3 is 1.28 bits per heavy atom. The normalized spacial score (nSPS) is 9.18. The first-order chi connectivity index (χ1) is 22.3. The molecule has 13 heteroatoms. The van der Waals surface area contributed by atoms with E-state index < -0.39 is 5.97 Å². The number of hydrogen-bond donors (Lipinski definition) is 5. The van der Waals surface area contributed by atoms with E-state index >= 15 is 0 Å². The van der Waals surface area contributed by atoms with Crippen LogP contribution in [0.1, 0.15) is 182 Å². The van der Waals surface area contributed by atoms with E-state index in [-0.39, 0.29) is 56.1 Å². The largest absolute Gasteiger partial charge is 1.00 e. The number of hydrogen-bond acceptors (Lipinski definition) is 8. The number of aliphatic hydroxyl groups excluding tert-OH is 1. The molecule has 50 heavy (non-hydrogen) atoms. The minimum atomic E-state index is -0.716. The summed E-state index contributed by atoms with van der Waals surface area (Å²) in [7, 11) is 0. The van der Waals surface area contributed by atoms with E-state index in [4.69, 9.17) is 31.2 Å². The Balaban J connectivity index is -0.0000000868. The number of carbonyl (C=O) groups is 3. The molecule has 0 spiro atoms. The summed E-state index contributed by atoms with van der Waals surface area (Å²) in [5, 5.41) is 16.1. The van der Waals surface area contributed by atoms with Crippen LogP contribution in [-0.4, -0.2) is 73.1 Å². The SMILES string of the molecule is C.CCCCCCCCCCCCOC(=O)CCCCC[NH3+].CCCO.CCCOC(=O)CCCCCN.Cl.NCCCCCC(=O)O.O.[Cl-]. The minimum absolute atomic E-state index is 0. The number of rotatable bonds is 29. The van der Waals surface area contributed by atoms with Gasteiger partial charge in [0, 0.05) is 25.9 Å². The lowest BCUT2D eigenvalue weighted by Crippen LogP contribution is -3.00. The van der Waals surface area contributed by atoms with Gasteiger partial charge in [0.05, 0.1) is 19.8 Å². The van der Waals surface area contributed by atoms with Crippen LogP contribution in [0.3, 0.4) is 0 Å². The molecule has 310 valence electrons. The second-order valence-corrected chi connectivity index (χ2v) is 11.6. The number of quaternary nitrogens is 1. The quantitative estimate of drug-likeness (QED) is 0.0549. The van der Waals surface area contributed by atoms with Crippen molar-refractivity contribution in [3.8, 4) is 0 Å². The third kappa shape index (κ3) is 81.1. The van der Waals surface area contributed by atoms with Crippen LogP contribution in [0, 0.1) is 0 Å². The molecule has 0 aromatic carbocycles. The summed E-state index contributed by atoms with van der Waals surface area (Å²) in [5.74, 6) is -0.809. The van der Waals surface area contributed by atoms with Crippen LogP contribution in [0.4, 0.5) is 0 Å². The third-order valence-electron chi connectivity index (χ3n) is 6.76. The van der Waals surface area contributed by atoms with Crippen molar-refractivity contribution in [2.45, 2.75) is 182 Å². The van der Waals surface area contributed by atoms with Gasteiger partial charge in [-0.15, -0.1) is 12.4 Å². The molecule has 0 rings (SSSR count). The van der Waals surface area contributed by atoms with E-state index in [0.717, 1.165) is 83.6 Å². The minimum Gasteiger partial charge on any atom is -1.00 e. The number of aliphatic carboxylic acids is 1. The summed E-state index contributed by atoms with van der Waals surface area (Å²) in [6, 6.07) is 0. The monoisotopic (exact) mass is 770 g/mol. The van der Waals surface area contributed by atoms with Crippen LogP contribution < -0.4 is 29.6 Å². The van der Waals surface area contributed by atoms with Gasteiger partial charge in [0.25, 0.3) is 0 Å². The van der Waals surface area contributed by atoms with Crippen molar-refractivity contribution in [1.29, 1.82) is 0 Å². The van der Waals surface area contributed by atoms with E-state index in [1.165, 1.54) is 57.8 Å². The first-order valence-corrected chi connectivity index (χ1v) is 18.6. The van der Waals surface area contributed by atoms with Crippen molar-refractivity contribution >= 4 is 30.3 Å². The van der Waals surface area contributed by atoms with Crippen LogP contribution in [-0.2, 0) is 23.9 Å². The van der Waals surface area contributed by atoms with Crippen molar-refractivity contribution in [2.24, 2.45) is 11.5 Å². The third-order valence-corrected chi connectivity index (χ3v) is 6.76. The standard InChI is InChI=1S/C18H37NO2.C9H19NO2.C6H13NO2.C3H8O.CH4.2ClH.H2O/c1-2-3-4-5-6-7-8-9-10-14-17-21-18(20)15-12-11-13-16-19;1-2-8-12-9(11)6-4-3-5-7-10;7-5-3-1-2-4-6(8)9;1-2-3-4;;;;/h2-17,19H2,1H3;2-8,10H2,1H3;1-5,7H2,(H,8,9);4H,2-3H2,1H3;1H4;2*1H;1H2. The molecule has 0 atom stereocenters. The molecule has 0 radical (unpaired) electrons. The number of carboxylic acids is 1. The van der Waals surface area contributed by atoms with Crippen molar-refractivity contribution in [1.82, 2.24) is 0 Å². The van der Waals surface area contributed by atoms with Crippen LogP contribution in [0.2, 0.25) is 0 Å². The van der Waals surface area contributed by atoms with E-state index in [0.29, 0.717) is 45.8 Å². The Bertz CT molecular complexity index is 609. The van der Waals surface area contributed by atoms with Gasteiger partial charge in [0.15, 0.2) is 0 Å². The lowest BCUT2D eigenvalue weighted by Gasteiger charge is -2.05. The number of ether oxygens (including phenoxy) is 2. The zero-order valence-electron chi connectivity index (χ0n) is 31.8. The summed E-state index contributed by atoms with van der Waals surface area (Å²) < 4.78 is 10.1. The average Bonchev–Trinajstić information content (AvgIpc) is 3.05. The van der Waals surface area contributed by atoms with Gasteiger partial charge in [-0.05, 0) is 77.3 Å². The zero-order valence-corrected chi connectivity index (χ0v) is 33.4. The van der Waals surface area contributed by atoms with Gasteiger partial charge in [-0.3, -0.25) is 14.4 Å². The fourth-order valence-corrected chi connectivity index (χ4v) is 3.95. The molecular weight excluding hydrogens is 685 g/mol. The molecule has 0 aromatic heterocycles. The maximum atomic E-state index is 11.4. The molecule has 0 saturated heterocycles. The highest BCUT2D eigenvalue weighted by Gasteiger charge is 2.02. The molecular formula is C37H85Cl2N3O8. The highest BCUT2D eigenvalue weighted by atomic mass is 35.5. The molecule has 0 aliphatic heterocycles. The van der Waals surface area contributed by atoms with Gasteiger partial charge >= 0.3 is 17.9 Å². The van der Waals surface area contributed by atoms with Gasteiger partial charge < -0.3 is 54.8 Å². The Hall–Kier alpha value is -1.21. The molecule has 0 aromatic rings. The Kier molecular flexibility index (Phi) is 88.5. The first-order valence-electron chi connectivity index (χ1n) is 18.6. The molecule has 0 aliphatic rings. The molecule has 0 saturated carbocycles. The van der Waals surface area contributed by atoms with E-state index in [2.05, 4.69) is 12.7 Å². The Morgan fingerprint density at radius 2 is 0.920 bits per heavy atom. The highest BCUT2D eigenvalue weighted by molar-refractivity contribution is 5.85. The average molecular weight is 771 g/mol. The molecule has 0 aliphatic carbocycles. The zero-order chi connectivity index (χ0) is 35.4. The fourth-order valence-electron chi connectivity index (χ4n) is 3.95. The highest BCUT2D eigenvalue weighted by Crippen LogP contribution is 2.10. The molecule has 0 bridgehead atoms. The van der Waals surface area contributed by atoms with Crippen molar-refractivity contribution in [2.75, 3.05) is 39.5 Å². The van der Waals surface area contributed by atoms with Crippen molar-refractivity contribution < 1.29 is 57.7 Å². The number of carbonyl (C=O) groups excluding carboxylic acids is 2. The predicted molar refractivity (Wildman–Crippen MR) is 208 cm³/mol. The maximum Gasteiger partial charge on any atom is 0.305 e. The molecule has 0 heterocycles. The van der Waals surface area contributed by atoms with E-state index in [9.17, 15) is 14.4 Å². The van der Waals surface area contributed by atoms with Crippen LogP contribution in [0.5, 0.6) is 0 Å². The number of esters is 2. The summed E-state index contributed by atoms with van der Waals surface area (Å²) in [6.07, 6.45) is 25.0. The van der Waals surface area contributed by atoms with Crippen molar-refractivity contribution in [3.05, 3.63) is 0 Å². The number of halogens is 2. The lowest BCUT2D eigenvalue weighted by atomic mass is 10.1. The van der Waals surface area contributed by atoms with Crippen LogP contribution in [0.15, 0.2) is 0 Å². The second kappa shape index (κ2) is 66.1. The topological polar surface area (TPSA) is 221 Å². The van der Waals surface area contributed by atoms with E-state index in [1.54, 1.807) is 0 Å². The fraction of sp³-hybridized carbons (Fsp3) is 0.919. The second-order valence-electron chi connectivity index (χ2n) is 11.6.